The van der Waals surface area contributed by atoms with Gasteiger partial charge in [-0.1, -0.05) is 0 Å². The summed E-state index contributed by atoms with van der Waals surface area (Å²) >= 11 is 0. The average Bonchev–Trinajstić information content (AvgIpc) is 2.19. The van der Waals surface area contributed by atoms with Gasteiger partial charge in [0, 0.05) is 18.4 Å². The third-order valence-electron chi connectivity index (χ3n) is 1.75. The molecule has 1 heterocycles. The lowest BCUT2D eigenvalue weighted by Crippen LogP contribution is -2.16. The van der Waals surface area contributed by atoms with Gasteiger partial charge in [0.25, 0.3) is 0 Å². The molecular weight excluding hydrogens is 168 g/mol. The molecule has 0 amide bonds. The van der Waals surface area contributed by atoms with Crippen molar-refractivity contribution in [2.75, 3.05) is 7.11 Å². The fourth-order valence-electron chi connectivity index (χ4n) is 0.991. The molecule has 4 nitrogen and oxygen atoms in total. The number of ether oxygens (including phenoxy) is 1. The average molecular weight is 180 g/mol. The van der Waals surface area contributed by atoms with E-state index in [0.29, 0.717) is 0 Å². The number of hydrogen-bond donors (Lipinski definition) is 1. The van der Waals surface area contributed by atoms with Crippen LogP contribution in [0.3, 0.4) is 0 Å². The van der Waals surface area contributed by atoms with Gasteiger partial charge < -0.3 is 10.5 Å². The Bertz CT molecular complexity index is 274. The van der Waals surface area contributed by atoms with Gasteiger partial charge in [-0.25, -0.2) is 0 Å². The van der Waals surface area contributed by atoms with Crippen LogP contribution in [-0.2, 0) is 9.53 Å². The molecule has 0 aromatic carbocycles. The predicted molar refractivity (Wildman–Crippen MR) is 47.8 cm³/mol. The lowest BCUT2D eigenvalue weighted by atomic mass is 10.1. The Hall–Kier alpha value is -1.42. The minimum atomic E-state index is -0.310. The maximum Gasteiger partial charge on any atom is 0.307 e. The summed E-state index contributed by atoms with van der Waals surface area (Å²) in [5.74, 6) is -0.302. The van der Waals surface area contributed by atoms with Gasteiger partial charge in [-0.05, 0) is 17.7 Å². The molecule has 0 unspecified atom stereocenters. The van der Waals surface area contributed by atoms with Gasteiger partial charge in [-0.2, -0.15) is 0 Å². The van der Waals surface area contributed by atoms with Gasteiger partial charge in [-0.3, -0.25) is 9.78 Å². The zero-order valence-electron chi connectivity index (χ0n) is 7.43. The Morgan fingerprint density at radius 3 is 2.77 bits per heavy atom. The molecule has 0 saturated carbocycles. The van der Waals surface area contributed by atoms with E-state index in [1.807, 2.05) is 0 Å². The van der Waals surface area contributed by atoms with E-state index in [-0.39, 0.29) is 18.4 Å². The summed E-state index contributed by atoms with van der Waals surface area (Å²) in [6, 6.07) is 3.26. The fraction of sp³-hybridized carbons (Fsp3) is 0.333. The first-order chi connectivity index (χ1) is 6.24. The number of aromatic nitrogens is 1. The van der Waals surface area contributed by atoms with Crippen LogP contribution in [0.15, 0.2) is 24.5 Å². The number of pyridine rings is 1. The second kappa shape index (κ2) is 4.57. The van der Waals surface area contributed by atoms with Crippen LogP contribution in [0.25, 0.3) is 0 Å². The molecule has 1 atom stereocenters. The van der Waals surface area contributed by atoms with Gasteiger partial charge in [-0.15, -0.1) is 0 Å². The van der Waals surface area contributed by atoms with E-state index in [9.17, 15) is 4.79 Å². The highest BCUT2D eigenvalue weighted by molar-refractivity contribution is 5.70. The van der Waals surface area contributed by atoms with Crippen molar-refractivity contribution in [2.24, 2.45) is 5.73 Å². The summed E-state index contributed by atoms with van der Waals surface area (Å²) in [4.78, 5) is 14.7. The van der Waals surface area contributed by atoms with Crippen molar-refractivity contribution < 1.29 is 9.53 Å². The normalized spacial score (nSPS) is 12.2. The van der Waals surface area contributed by atoms with Crippen LogP contribution in [-0.4, -0.2) is 18.1 Å². The van der Waals surface area contributed by atoms with E-state index < -0.39 is 0 Å². The molecule has 13 heavy (non-hydrogen) atoms. The fourth-order valence-corrected chi connectivity index (χ4v) is 0.991. The van der Waals surface area contributed by atoms with Crippen molar-refractivity contribution in [1.82, 2.24) is 4.98 Å². The van der Waals surface area contributed by atoms with Crippen molar-refractivity contribution >= 4 is 5.97 Å². The second-order valence-corrected chi connectivity index (χ2v) is 2.67. The molecule has 0 aliphatic carbocycles. The Morgan fingerprint density at radius 1 is 1.62 bits per heavy atom. The summed E-state index contributed by atoms with van der Waals surface area (Å²) in [6.07, 6.45) is 3.49. The van der Waals surface area contributed by atoms with Crippen molar-refractivity contribution in [2.45, 2.75) is 12.5 Å². The summed E-state index contributed by atoms with van der Waals surface area (Å²) in [6.45, 7) is 0. The number of methoxy groups -OCH3 is 1. The maximum absolute atomic E-state index is 10.9. The highest BCUT2D eigenvalue weighted by Crippen LogP contribution is 2.12. The minimum absolute atomic E-state index is 0.195. The maximum atomic E-state index is 10.9. The molecule has 1 rings (SSSR count). The summed E-state index contributed by atoms with van der Waals surface area (Å²) in [5.41, 5.74) is 6.63. The molecular formula is C9H12N2O2. The van der Waals surface area contributed by atoms with Gasteiger partial charge in [0.05, 0.1) is 13.5 Å². The van der Waals surface area contributed by atoms with Crippen molar-refractivity contribution in [3.63, 3.8) is 0 Å². The molecule has 0 saturated heterocycles. The highest BCUT2D eigenvalue weighted by atomic mass is 16.5. The topological polar surface area (TPSA) is 65.2 Å². The number of nitrogens with two attached hydrogens (primary N) is 1. The van der Waals surface area contributed by atoms with Gasteiger partial charge in [0.15, 0.2) is 0 Å². The number of carbonyl (C=O) groups is 1. The monoisotopic (exact) mass is 180 g/mol. The van der Waals surface area contributed by atoms with Crippen LogP contribution in [0.5, 0.6) is 0 Å². The van der Waals surface area contributed by atoms with Crippen LogP contribution in [0, 0.1) is 0 Å². The molecule has 2 N–H and O–H groups in total. The lowest BCUT2D eigenvalue weighted by Gasteiger charge is -2.09. The first-order valence-electron chi connectivity index (χ1n) is 3.96. The highest BCUT2D eigenvalue weighted by Gasteiger charge is 2.10. The van der Waals surface area contributed by atoms with Crippen molar-refractivity contribution in [3.8, 4) is 0 Å². The van der Waals surface area contributed by atoms with E-state index in [1.165, 1.54) is 7.11 Å². The molecule has 1 aromatic rings. The third kappa shape index (κ3) is 2.83. The van der Waals surface area contributed by atoms with E-state index in [0.717, 1.165) is 5.56 Å². The van der Waals surface area contributed by atoms with Crippen LogP contribution in [0.1, 0.15) is 18.0 Å². The molecule has 4 heteroatoms. The van der Waals surface area contributed by atoms with Gasteiger partial charge in [0.2, 0.25) is 0 Å². The molecule has 0 aliphatic rings. The largest absolute Gasteiger partial charge is 0.469 e. The minimum Gasteiger partial charge on any atom is -0.469 e. The molecule has 0 aliphatic heterocycles. The quantitative estimate of drug-likeness (QED) is 0.693. The van der Waals surface area contributed by atoms with Crippen LogP contribution in [0.4, 0.5) is 0 Å². The second-order valence-electron chi connectivity index (χ2n) is 2.67. The SMILES string of the molecule is COC(=O)C[C@H](N)c1ccncc1. The smallest absolute Gasteiger partial charge is 0.307 e. The molecule has 0 radical (unpaired) electrons. The number of nitrogens with zero attached hydrogens (tertiary/aromatic N) is 1. The number of hydrogen-bond acceptors (Lipinski definition) is 4. The standard InChI is InChI=1S/C9H12N2O2/c1-13-9(12)6-8(10)7-2-4-11-5-3-7/h2-5,8H,6,10H2,1H3/t8-/m0/s1. The van der Waals surface area contributed by atoms with E-state index in [2.05, 4.69) is 9.72 Å². The summed E-state index contributed by atoms with van der Waals surface area (Å²) in [5, 5.41) is 0. The van der Waals surface area contributed by atoms with E-state index in [4.69, 9.17) is 5.73 Å². The zero-order chi connectivity index (χ0) is 9.68. The molecule has 70 valence electrons. The van der Waals surface area contributed by atoms with Crippen molar-refractivity contribution in [3.05, 3.63) is 30.1 Å². The Balaban J connectivity index is 2.59. The first kappa shape index (κ1) is 9.67. The van der Waals surface area contributed by atoms with Crippen LogP contribution < -0.4 is 5.73 Å². The summed E-state index contributed by atoms with van der Waals surface area (Å²) in [7, 11) is 1.35. The lowest BCUT2D eigenvalue weighted by molar-refractivity contribution is -0.141. The van der Waals surface area contributed by atoms with E-state index in [1.54, 1.807) is 24.5 Å². The first-order valence-corrected chi connectivity index (χ1v) is 3.96. The van der Waals surface area contributed by atoms with E-state index >= 15 is 0 Å². The number of esters is 1. The van der Waals surface area contributed by atoms with Crippen LogP contribution >= 0.6 is 0 Å². The Kier molecular flexibility index (Phi) is 3.40. The number of rotatable bonds is 3. The van der Waals surface area contributed by atoms with Crippen LogP contribution in [0.2, 0.25) is 0 Å². The molecule has 0 fully saturated rings. The number of carbonyl (C=O) groups excluding carboxylic acids is 1. The van der Waals surface area contributed by atoms with Gasteiger partial charge in [0.1, 0.15) is 0 Å². The molecule has 0 spiro atoms. The molecule has 1 aromatic heterocycles. The molecule has 0 bridgehead atoms. The van der Waals surface area contributed by atoms with Gasteiger partial charge >= 0.3 is 5.97 Å². The zero-order valence-corrected chi connectivity index (χ0v) is 7.43. The Morgan fingerprint density at radius 2 is 2.23 bits per heavy atom. The predicted octanol–water partition coefficient (Wildman–Crippen LogP) is 0.644. The third-order valence-corrected chi connectivity index (χ3v) is 1.75. The summed E-state index contributed by atoms with van der Waals surface area (Å²) < 4.78 is 4.51. The van der Waals surface area contributed by atoms with Crippen molar-refractivity contribution in [1.29, 1.82) is 0 Å². The Labute approximate surface area is 76.7 Å².